The van der Waals surface area contributed by atoms with Crippen LogP contribution in [0.1, 0.15) is 22.7 Å². The molecule has 0 radical (unpaired) electrons. The van der Waals surface area contributed by atoms with Crippen molar-refractivity contribution in [3.8, 4) is 45.0 Å². The van der Waals surface area contributed by atoms with Crippen molar-refractivity contribution >= 4 is 33.4 Å². The number of imidazole rings is 1. The Balaban J connectivity index is 0.984. The van der Waals surface area contributed by atoms with Crippen molar-refractivity contribution in [1.82, 2.24) is 19.1 Å². The SMILES string of the molecule is Cn1cc(C2=N[C@H](c3ccccc3)C(c3ccc(-c4ccc(-c5nc(-c6cn(C)c7ccccc67)[nH]c5-c5ccccc5)cc4)cc3)=N2)c2ccccc21. The van der Waals surface area contributed by atoms with Crippen LogP contribution in [0.5, 0.6) is 0 Å². The minimum atomic E-state index is -0.184. The van der Waals surface area contributed by atoms with Gasteiger partial charge in [-0.25, -0.2) is 9.98 Å². The second-order valence-corrected chi connectivity index (χ2v) is 13.9. The Morgan fingerprint density at radius 1 is 0.500 bits per heavy atom. The van der Waals surface area contributed by atoms with Crippen LogP contribution in [0.2, 0.25) is 0 Å². The predicted molar refractivity (Wildman–Crippen MR) is 222 cm³/mol. The van der Waals surface area contributed by atoms with Crippen LogP contribution in [0.3, 0.4) is 0 Å². The van der Waals surface area contributed by atoms with E-state index in [1.165, 1.54) is 16.4 Å². The number of para-hydroxylation sites is 2. The number of nitrogens with one attached hydrogen (secondary N) is 1. The molecule has 6 heteroatoms. The van der Waals surface area contributed by atoms with E-state index in [1.54, 1.807) is 0 Å². The van der Waals surface area contributed by atoms with Gasteiger partial charge in [0.25, 0.3) is 0 Å². The molecule has 258 valence electrons. The van der Waals surface area contributed by atoms with Gasteiger partial charge in [0, 0.05) is 70.5 Å². The minimum absolute atomic E-state index is 0.184. The molecule has 1 N–H and O–H groups in total. The normalized spacial score (nSPS) is 14.1. The van der Waals surface area contributed by atoms with E-state index in [-0.39, 0.29) is 6.04 Å². The van der Waals surface area contributed by atoms with Gasteiger partial charge in [-0.05, 0) is 34.4 Å². The van der Waals surface area contributed by atoms with Crippen LogP contribution in [-0.4, -0.2) is 30.6 Å². The number of H-pyrrole nitrogens is 1. The summed E-state index contributed by atoms with van der Waals surface area (Å²) >= 11 is 0. The summed E-state index contributed by atoms with van der Waals surface area (Å²) in [5.41, 5.74) is 14.0. The third-order valence-corrected chi connectivity index (χ3v) is 10.6. The lowest BCUT2D eigenvalue weighted by atomic mass is 9.95. The molecule has 0 saturated carbocycles. The van der Waals surface area contributed by atoms with Gasteiger partial charge >= 0.3 is 0 Å². The Labute approximate surface area is 313 Å². The summed E-state index contributed by atoms with van der Waals surface area (Å²) < 4.78 is 4.31. The van der Waals surface area contributed by atoms with Crippen molar-refractivity contribution in [3.05, 3.63) is 187 Å². The molecule has 0 spiro atoms. The van der Waals surface area contributed by atoms with E-state index in [0.29, 0.717) is 0 Å². The second-order valence-electron chi connectivity index (χ2n) is 13.9. The highest BCUT2D eigenvalue weighted by Crippen LogP contribution is 2.37. The van der Waals surface area contributed by atoms with E-state index >= 15 is 0 Å². The summed E-state index contributed by atoms with van der Waals surface area (Å²) in [7, 11) is 4.16. The molecule has 54 heavy (non-hydrogen) atoms. The Hall–Kier alpha value is -7.05. The van der Waals surface area contributed by atoms with Gasteiger partial charge in [0.1, 0.15) is 11.9 Å². The van der Waals surface area contributed by atoms with Crippen molar-refractivity contribution < 1.29 is 0 Å². The van der Waals surface area contributed by atoms with Crippen LogP contribution in [0.4, 0.5) is 0 Å². The van der Waals surface area contributed by atoms with Crippen molar-refractivity contribution in [3.63, 3.8) is 0 Å². The average molecular weight is 697 g/mol. The highest BCUT2D eigenvalue weighted by molar-refractivity contribution is 6.22. The molecule has 0 aliphatic carbocycles. The van der Waals surface area contributed by atoms with Crippen molar-refractivity contribution in [2.45, 2.75) is 6.04 Å². The van der Waals surface area contributed by atoms with Crippen LogP contribution < -0.4 is 0 Å². The van der Waals surface area contributed by atoms with Gasteiger partial charge in [-0.3, -0.25) is 4.99 Å². The van der Waals surface area contributed by atoms with Gasteiger partial charge in [0.15, 0.2) is 5.84 Å². The number of nitrogens with zero attached hydrogens (tertiary/aromatic N) is 5. The zero-order valence-corrected chi connectivity index (χ0v) is 30.0. The third-order valence-electron chi connectivity index (χ3n) is 10.6. The highest BCUT2D eigenvalue weighted by Gasteiger charge is 2.28. The van der Waals surface area contributed by atoms with Crippen LogP contribution in [0.15, 0.2) is 180 Å². The predicted octanol–water partition coefficient (Wildman–Crippen LogP) is 11.1. The molecule has 10 rings (SSSR count). The maximum absolute atomic E-state index is 5.23. The molecule has 6 aromatic carbocycles. The first kappa shape index (κ1) is 31.7. The second kappa shape index (κ2) is 12.9. The van der Waals surface area contributed by atoms with E-state index in [9.17, 15) is 0 Å². The number of amidine groups is 1. The summed E-state index contributed by atoms with van der Waals surface area (Å²) in [4.78, 5) is 19.4. The summed E-state index contributed by atoms with van der Waals surface area (Å²) in [6.45, 7) is 0. The van der Waals surface area contributed by atoms with E-state index in [2.05, 4.69) is 186 Å². The molecule has 1 atom stereocenters. The Bertz CT molecular complexity index is 2870. The Kier molecular flexibility index (Phi) is 7.54. The fraction of sp³-hybridized carbons (Fsp3) is 0.0625. The van der Waals surface area contributed by atoms with Crippen molar-refractivity contribution in [1.29, 1.82) is 0 Å². The number of aromatic nitrogens is 4. The maximum atomic E-state index is 5.23. The summed E-state index contributed by atoms with van der Waals surface area (Å²) in [6.07, 6.45) is 4.30. The van der Waals surface area contributed by atoms with Gasteiger partial charge in [-0.2, -0.15) is 0 Å². The smallest absolute Gasteiger partial charge is 0.158 e. The number of aromatic amines is 1. The average Bonchev–Trinajstić information content (AvgIpc) is 4.03. The molecule has 1 aliphatic rings. The topological polar surface area (TPSA) is 63.3 Å². The fourth-order valence-electron chi connectivity index (χ4n) is 7.84. The van der Waals surface area contributed by atoms with E-state index in [1.807, 2.05) is 12.1 Å². The molecule has 0 saturated heterocycles. The molecule has 9 aromatic rings. The Morgan fingerprint density at radius 2 is 1.02 bits per heavy atom. The van der Waals surface area contributed by atoms with Gasteiger partial charge < -0.3 is 14.1 Å². The van der Waals surface area contributed by atoms with Crippen LogP contribution in [-0.2, 0) is 14.1 Å². The van der Waals surface area contributed by atoms with Crippen LogP contribution in [0, 0.1) is 0 Å². The molecular weight excluding hydrogens is 661 g/mol. The number of hydrogen-bond donors (Lipinski definition) is 1. The number of hydrogen-bond acceptors (Lipinski definition) is 3. The van der Waals surface area contributed by atoms with Gasteiger partial charge in [0.2, 0.25) is 0 Å². The standard InChI is InChI=1S/C48H36N6/c1-53-29-39(37-17-9-11-19-41(37)53)47-49-43(33-13-5-3-6-14-33)45(51-47)35-25-21-31(22-26-35)32-23-27-36(28-24-32)46-44(34-15-7-4-8-16-34)50-48(52-46)40-30-54(2)42-20-12-10-18-38(40)42/h3-30,43H,1-2H3,(H,50,52)/t43-/m1/s1. The van der Waals surface area contributed by atoms with E-state index < -0.39 is 0 Å². The van der Waals surface area contributed by atoms with Crippen molar-refractivity contribution in [2.75, 3.05) is 0 Å². The highest BCUT2D eigenvalue weighted by atomic mass is 15.0. The van der Waals surface area contributed by atoms with Crippen molar-refractivity contribution in [2.24, 2.45) is 24.1 Å². The first-order valence-corrected chi connectivity index (χ1v) is 18.3. The first-order valence-electron chi connectivity index (χ1n) is 18.3. The molecule has 0 fully saturated rings. The third kappa shape index (κ3) is 5.39. The van der Waals surface area contributed by atoms with Crippen LogP contribution >= 0.6 is 0 Å². The maximum Gasteiger partial charge on any atom is 0.158 e. The zero-order valence-electron chi connectivity index (χ0n) is 30.0. The molecule has 0 bridgehead atoms. The van der Waals surface area contributed by atoms with E-state index in [0.717, 1.165) is 78.7 Å². The van der Waals surface area contributed by atoms with Crippen LogP contribution in [0.25, 0.3) is 66.8 Å². The molecule has 4 heterocycles. The summed E-state index contributed by atoms with van der Waals surface area (Å²) in [5, 5.41) is 2.33. The lowest BCUT2D eigenvalue weighted by Crippen LogP contribution is -2.09. The monoisotopic (exact) mass is 696 g/mol. The van der Waals surface area contributed by atoms with Gasteiger partial charge in [0.05, 0.1) is 17.1 Å². The first-order chi connectivity index (χ1) is 26.6. The molecular formula is C48H36N6. The molecule has 0 unspecified atom stereocenters. The fourth-order valence-corrected chi connectivity index (χ4v) is 7.84. The molecule has 0 amide bonds. The zero-order chi connectivity index (χ0) is 36.2. The number of aliphatic imine (C=N–C) groups is 2. The number of rotatable bonds is 7. The summed E-state index contributed by atoms with van der Waals surface area (Å²) in [5.74, 6) is 1.63. The molecule has 3 aromatic heterocycles. The van der Waals surface area contributed by atoms with E-state index in [4.69, 9.17) is 15.0 Å². The van der Waals surface area contributed by atoms with Gasteiger partial charge in [-0.15, -0.1) is 0 Å². The lowest BCUT2D eigenvalue weighted by molar-refractivity contribution is 0.965. The molecule has 1 aliphatic heterocycles. The molecule has 6 nitrogen and oxygen atoms in total. The Morgan fingerprint density at radius 3 is 1.67 bits per heavy atom. The summed E-state index contributed by atoms with van der Waals surface area (Å²) in [6, 6.07) is 55.1. The number of fused-ring (bicyclic) bond motifs is 2. The lowest BCUT2D eigenvalue weighted by Gasteiger charge is -2.12. The largest absolute Gasteiger partial charge is 0.350 e. The minimum Gasteiger partial charge on any atom is -0.350 e. The number of benzene rings is 6. The van der Waals surface area contributed by atoms with Gasteiger partial charge in [-0.1, -0.05) is 146 Å². The number of aryl methyl sites for hydroxylation is 2. The quantitative estimate of drug-likeness (QED) is 0.177.